The Hall–Kier alpha value is -4.14. The molecule has 0 atom stereocenters. The summed E-state index contributed by atoms with van der Waals surface area (Å²) in [6.45, 7) is 2.49. The number of rotatable bonds is 9. The Balaban J connectivity index is 1.60. The lowest BCUT2D eigenvalue weighted by molar-refractivity contribution is -0.384. The van der Waals surface area contributed by atoms with Gasteiger partial charge in [0.2, 0.25) is 5.91 Å². The van der Waals surface area contributed by atoms with Crippen LogP contribution in [0.5, 0.6) is 11.5 Å². The summed E-state index contributed by atoms with van der Waals surface area (Å²) in [5.74, 6) is 1.65. The van der Waals surface area contributed by atoms with Crippen molar-refractivity contribution in [1.29, 1.82) is 0 Å². The Morgan fingerprint density at radius 1 is 1.19 bits per heavy atom. The number of methoxy groups -OCH3 is 1. The van der Waals surface area contributed by atoms with Crippen molar-refractivity contribution in [1.82, 2.24) is 5.43 Å². The average molecular weight is 423 g/mol. The predicted molar refractivity (Wildman–Crippen MR) is 114 cm³/mol. The molecular weight excluding hydrogens is 402 g/mol. The lowest BCUT2D eigenvalue weighted by Gasteiger charge is -2.05. The minimum Gasteiger partial charge on any atom is -0.496 e. The molecule has 0 aliphatic carbocycles. The molecule has 0 radical (unpaired) electrons. The predicted octanol–water partition coefficient (Wildman–Crippen LogP) is 3.95. The number of carbonyl (C=O) groups excluding carboxylic acids is 1. The maximum Gasteiger partial charge on any atom is 0.273 e. The average Bonchev–Trinajstić information content (AvgIpc) is 3.23. The van der Waals surface area contributed by atoms with Crippen molar-refractivity contribution in [2.45, 2.75) is 13.3 Å². The molecule has 0 aliphatic heterocycles. The van der Waals surface area contributed by atoms with Gasteiger partial charge in [-0.2, -0.15) is 5.10 Å². The van der Waals surface area contributed by atoms with Gasteiger partial charge in [0, 0.05) is 6.07 Å². The van der Waals surface area contributed by atoms with E-state index < -0.39 is 4.92 Å². The molecule has 9 nitrogen and oxygen atoms in total. The molecule has 0 unspecified atom stereocenters. The number of amides is 1. The molecule has 160 valence electrons. The van der Waals surface area contributed by atoms with Crippen molar-refractivity contribution in [3.8, 4) is 22.8 Å². The monoisotopic (exact) mass is 423 g/mol. The van der Waals surface area contributed by atoms with Crippen molar-refractivity contribution in [3.05, 3.63) is 76.0 Å². The van der Waals surface area contributed by atoms with Gasteiger partial charge in [-0.3, -0.25) is 14.9 Å². The zero-order valence-corrected chi connectivity index (χ0v) is 17.0. The molecule has 0 bridgehead atoms. The van der Waals surface area contributed by atoms with Gasteiger partial charge in [0.25, 0.3) is 5.69 Å². The summed E-state index contributed by atoms with van der Waals surface area (Å²) in [5, 5.41) is 14.8. The molecule has 0 spiro atoms. The number of nitrogens with zero attached hydrogens (tertiary/aromatic N) is 2. The molecule has 9 heteroatoms. The normalized spacial score (nSPS) is 10.8. The third-order valence-electron chi connectivity index (χ3n) is 4.27. The topological polar surface area (TPSA) is 116 Å². The zero-order chi connectivity index (χ0) is 22.2. The van der Waals surface area contributed by atoms with Crippen LogP contribution in [0.4, 0.5) is 5.69 Å². The molecule has 31 heavy (non-hydrogen) atoms. The molecular formula is C22H21N3O6. The van der Waals surface area contributed by atoms with Gasteiger partial charge in [0.15, 0.2) is 0 Å². The van der Waals surface area contributed by atoms with E-state index >= 15 is 0 Å². The number of hydrogen-bond donors (Lipinski definition) is 1. The lowest BCUT2D eigenvalue weighted by atomic mass is 10.1. The largest absolute Gasteiger partial charge is 0.496 e. The highest BCUT2D eigenvalue weighted by molar-refractivity contribution is 5.82. The molecule has 1 aromatic heterocycles. The molecule has 0 aliphatic rings. The number of non-ortho nitro benzene ring substituents is 1. The zero-order valence-electron chi connectivity index (χ0n) is 17.0. The van der Waals surface area contributed by atoms with Gasteiger partial charge in [0.1, 0.15) is 23.0 Å². The van der Waals surface area contributed by atoms with E-state index in [4.69, 9.17) is 13.9 Å². The van der Waals surface area contributed by atoms with Crippen LogP contribution in [0.3, 0.4) is 0 Å². The summed E-state index contributed by atoms with van der Waals surface area (Å²) >= 11 is 0. The lowest BCUT2D eigenvalue weighted by Crippen LogP contribution is -2.19. The van der Waals surface area contributed by atoms with Crippen LogP contribution in [-0.2, 0) is 11.2 Å². The van der Waals surface area contributed by atoms with Gasteiger partial charge >= 0.3 is 0 Å². The Morgan fingerprint density at radius 2 is 1.97 bits per heavy atom. The fourth-order valence-electron chi connectivity index (χ4n) is 2.83. The first-order chi connectivity index (χ1) is 15.0. The Labute approximate surface area is 178 Å². The number of ether oxygens (including phenoxy) is 2. The summed E-state index contributed by atoms with van der Waals surface area (Å²) in [6, 6.07) is 14.9. The SMILES string of the molecule is CCOc1ccc(CC(=O)N/N=C\c2ccc(-c3ccc([N+](=O)[O-])cc3OC)o2)cc1. The van der Waals surface area contributed by atoms with Crippen molar-refractivity contribution in [2.24, 2.45) is 5.10 Å². The van der Waals surface area contributed by atoms with Gasteiger partial charge in [-0.25, -0.2) is 5.43 Å². The molecule has 0 fully saturated rings. The van der Waals surface area contributed by atoms with E-state index in [-0.39, 0.29) is 18.0 Å². The van der Waals surface area contributed by atoms with Crippen LogP contribution >= 0.6 is 0 Å². The number of benzene rings is 2. The van der Waals surface area contributed by atoms with Crippen molar-refractivity contribution in [2.75, 3.05) is 13.7 Å². The summed E-state index contributed by atoms with van der Waals surface area (Å²) < 4.78 is 16.3. The first-order valence-electron chi connectivity index (χ1n) is 9.46. The van der Waals surface area contributed by atoms with Crippen LogP contribution in [0.15, 0.2) is 64.1 Å². The van der Waals surface area contributed by atoms with Gasteiger partial charge in [-0.1, -0.05) is 12.1 Å². The first kappa shape index (κ1) is 21.6. The van der Waals surface area contributed by atoms with Crippen molar-refractivity contribution in [3.63, 3.8) is 0 Å². The van der Waals surface area contributed by atoms with E-state index in [0.717, 1.165) is 11.3 Å². The minimum absolute atomic E-state index is 0.0795. The van der Waals surface area contributed by atoms with Gasteiger partial charge in [0.05, 0.1) is 42.9 Å². The van der Waals surface area contributed by atoms with Crippen LogP contribution in [-0.4, -0.2) is 30.8 Å². The third-order valence-corrected chi connectivity index (χ3v) is 4.27. The summed E-state index contributed by atoms with van der Waals surface area (Å²) in [4.78, 5) is 22.5. The van der Waals surface area contributed by atoms with Crippen LogP contribution in [0.1, 0.15) is 18.2 Å². The Kier molecular flexibility index (Phi) is 7.00. The molecule has 0 saturated heterocycles. The smallest absolute Gasteiger partial charge is 0.273 e. The molecule has 1 heterocycles. The number of nitro benzene ring substituents is 1. The van der Waals surface area contributed by atoms with Crippen molar-refractivity contribution >= 4 is 17.8 Å². The Bertz CT molecular complexity index is 1090. The summed E-state index contributed by atoms with van der Waals surface area (Å²) in [6.07, 6.45) is 1.55. The summed E-state index contributed by atoms with van der Waals surface area (Å²) in [5.41, 5.74) is 3.77. The molecule has 1 amide bonds. The quantitative estimate of drug-likeness (QED) is 0.316. The molecule has 3 aromatic rings. The number of nitro groups is 1. The minimum atomic E-state index is -0.497. The van der Waals surface area contributed by atoms with Gasteiger partial charge < -0.3 is 13.9 Å². The van der Waals surface area contributed by atoms with E-state index in [9.17, 15) is 14.9 Å². The standard InChI is InChI=1S/C22H21N3O6/c1-3-30-17-7-4-15(5-8-17)12-22(26)24-23-14-18-9-11-20(31-18)19-10-6-16(25(27)28)13-21(19)29-2/h4-11,13-14H,3,12H2,1-2H3,(H,24,26)/b23-14-. The van der Waals surface area contributed by atoms with Crippen LogP contribution in [0, 0.1) is 10.1 Å². The third kappa shape index (κ3) is 5.69. The molecule has 0 saturated carbocycles. The van der Waals surface area contributed by atoms with Gasteiger partial charge in [-0.15, -0.1) is 0 Å². The number of hydrogen-bond acceptors (Lipinski definition) is 7. The number of hydrazone groups is 1. The molecule has 1 N–H and O–H groups in total. The number of furan rings is 1. The van der Waals surface area contributed by atoms with Crippen LogP contribution in [0.25, 0.3) is 11.3 Å². The van der Waals surface area contributed by atoms with E-state index in [1.807, 2.05) is 31.2 Å². The Morgan fingerprint density at radius 3 is 2.65 bits per heavy atom. The maximum atomic E-state index is 12.1. The first-order valence-corrected chi connectivity index (χ1v) is 9.46. The van der Waals surface area contributed by atoms with E-state index in [1.165, 1.54) is 25.5 Å². The second kappa shape index (κ2) is 10.1. The fourth-order valence-corrected chi connectivity index (χ4v) is 2.83. The second-order valence-corrected chi connectivity index (χ2v) is 6.39. The molecule has 3 rings (SSSR count). The van der Waals surface area contributed by atoms with Gasteiger partial charge in [-0.05, 0) is 42.8 Å². The highest BCUT2D eigenvalue weighted by Gasteiger charge is 2.15. The van der Waals surface area contributed by atoms with Crippen LogP contribution < -0.4 is 14.9 Å². The van der Waals surface area contributed by atoms with E-state index in [1.54, 1.807) is 18.2 Å². The fraction of sp³-hybridized carbons (Fsp3) is 0.182. The number of nitrogens with one attached hydrogen (secondary N) is 1. The van der Waals surface area contributed by atoms with E-state index in [0.29, 0.717) is 29.4 Å². The molecule has 2 aromatic carbocycles. The second-order valence-electron chi connectivity index (χ2n) is 6.39. The summed E-state index contributed by atoms with van der Waals surface area (Å²) in [7, 11) is 1.42. The highest BCUT2D eigenvalue weighted by atomic mass is 16.6. The number of carbonyl (C=O) groups is 1. The van der Waals surface area contributed by atoms with Crippen LogP contribution in [0.2, 0.25) is 0 Å². The van der Waals surface area contributed by atoms with Crippen molar-refractivity contribution < 1.29 is 23.6 Å². The maximum absolute atomic E-state index is 12.1. The van der Waals surface area contributed by atoms with E-state index in [2.05, 4.69) is 10.5 Å². The highest BCUT2D eigenvalue weighted by Crippen LogP contribution is 2.34.